The van der Waals surface area contributed by atoms with Gasteiger partial charge in [-0.25, -0.2) is 5.11 Å². The van der Waals surface area contributed by atoms with Crippen molar-refractivity contribution in [2.45, 2.75) is 19.6 Å². The quantitative estimate of drug-likeness (QED) is 0.629. The van der Waals surface area contributed by atoms with Crippen LogP contribution in [-0.4, -0.2) is 13.4 Å². The Balaban J connectivity index is 2.58. The number of benzene rings is 1. The number of aryl methyl sites for hydroxylation is 1. The summed E-state index contributed by atoms with van der Waals surface area (Å²) in [5.74, 6) is 0. The van der Waals surface area contributed by atoms with Gasteiger partial charge < -0.3 is 4.74 Å². The molecule has 0 aromatic heterocycles. The Hall–Kier alpha value is -0.860. The number of methoxy groups -OCH3 is 1. The van der Waals surface area contributed by atoms with Gasteiger partial charge in [0.05, 0.1) is 0 Å². The molecule has 65 valence electrons. The van der Waals surface area contributed by atoms with Gasteiger partial charge >= 0.3 is 0 Å². The monoisotopic (exact) mass is 165 g/mol. The second-order valence-electron chi connectivity index (χ2n) is 2.85. The van der Waals surface area contributed by atoms with Crippen LogP contribution in [0.3, 0.4) is 0 Å². The van der Waals surface area contributed by atoms with Gasteiger partial charge in [-0.05, 0) is 12.5 Å². The second kappa shape index (κ2) is 4.24. The zero-order valence-corrected chi connectivity index (χ0v) is 7.41. The van der Waals surface area contributed by atoms with Gasteiger partial charge in [-0.15, -0.1) is 0 Å². The molecule has 0 saturated carbocycles. The van der Waals surface area contributed by atoms with Crippen LogP contribution in [0.1, 0.15) is 11.1 Å². The lowest BCUT2D eigenvalue weighted by Gasteiger charge is -2.05. The first-order valence-electron chi connectivity index (χ1n) is 3.96. The van der Waals surface area contributed by atoms with Crippen molar-refractivity contribution < 1.29 is 9.84 Å². The van der Waals surface area contributed by atoms with Crippen LogP contribution in [0.5, 0.6) is 0 Å². The fourth-order valence-electron chi connectivity index (χ4n) is 1.000. The van der Waals surface area contributed by atoms with Crippen LogP contribution >= 0.6 is 0 Å². The first-order chi connectivity index (χ1) is 5.72. The summed E-state index contributed by atoms with van der Waals surface area (Å²) in [5, 5.41) is 10.9. The number of rotatable bonds is 3. The van der Waals surface area contributed by atoms with Crippen molar-refractivity contribution >= 4 is 0 Å². The van der Waals surface area contributed by atoms with Gasteiger partial charge in [0.1, 0.15) is 0 Å². The van der Waals surface area contributed by atoms with E-state index in [1.807, 2.05) is 31.2 Å². The third-order valence-corrected chi connectivity index (χ3v) is 1.79. The van der Waals surface area contributed by atoms with E-state index in [0.29, 0.717) is 6.42 Å². The number of ether oxygens (including phenoxy) is 1. The highest BCUT2D eigenvalue weighted by Crippen LogP contribution is 2.06. The number of hydrogen-bond acceptors (Lipinski definition) is 1. The minimum Gasteiger partial charge on any atom is -0.353 e. The molecule has 0 saturated heterocycles. The smallest absolute Gasteiger partial charge is 0.195 e. The van der Waals surface area contributed by atoms with E-state index in [9.17, 15) is 5.11 Å². The van der Waals surface area contributed by atoms with Crippen LogP contribution in [0.15, 0.2) is 24.3 Å². The van der Waals surface area contributed by atoms with Crippen LogP contribution < -0.4 is 0 Å². The Morgan fingerprint density at radius 1 is 1.33 bits per heavy atom. The normalized spacial score (nSPS) is 12.9. The van der Waals surface area contributed by atoms with Crippen LogP contribution in [0.2, 0.25) is 0 Å². The predicted octanol–water partition coefficient (Wildman–Crippen LogP) is 1.94. The molecule has 0 fully saturated rings. The lowest BCUT2D eigenvalue weighted by atomic mass is 10.1. The summed E-state index contributed by atoms with van der Waals surface area (Å²) in [6, 6.07) is 7.91. The van der Waals surface area contributed by atoms with Gasteiger partial charge in [-0.2, -0.15) is 0 Å². The van der Waals surface area contributed by atoms with Crippen molar-refractivity contribution in [2.75, 3.05) is 7.11 Å². The number of hydrogen-bond donors (Lipinski definition) is 0. The zero-order valence-electron chi connectivity index (χ0n) is 7.41. The maximum Gasteiger partial charge on any atom is 0.195 e. The van der Waals surface area contributed by atoms with E-state index < -0.39 is 6.29 Å². The average Bonchev–Trinajstić information content (AvgIpc) is 2.09. The second-order valence-corrected chi connectivity index (χ2v) is 2.85. The largest absolute Gasteiger partial charge is 0.353 e. The third-order valence-electron chi connectivity index (χ3n) is 1.79. The molecule has 2 nitrogen and oxygen atoms in total. The molecule has 0 N–H and O–H groups in total. The lowest BCUT2D eigenvalue weighted by molar-refractivity contribution is -0.117. The van der Waals surface area contributed by atoms with Crippen molar-refractivity contribution in [3.05, 3.63) is 35.4 Å². The molecule has 1 aromatic carbocycles. The molecule has 0 spiro atoms. The molecule has 1 aromatic rings. The van der Waals surface area contributed by atoms with E-state index in [0.717, 1.165) is 5.56 Å². The topological polar surface area (TPSA) is 29.1 Å². The first kappa shape index (κ1) is 9.23. The summed E-state index contributed by atoms with van der Waals surface area (Å²) in [7, 11) is 1.44. The van der Waals surface area contributed by atoms with E-state index in [2.05, 4.69) is 4.74 Å². The molecular weight excluding hydrogens is 152 g/mol. The lowest BCUT2D eigenvalue weighted by Crippen LogP contribution is -2.10. The fourth-order valence-corrected chi connectivity index (χ4v) is 1.000. The molecule has 2 heteroatoms. The minimum absolute atomic E-state index is 0.441. The van der Waals surface area contributed by atoms with Gasteiger partial charge in [-0.1, -0.05) is 29.8 Å². The Labute approximate surface area is 72.8 Å². The van der Waals surface area contributed by atoms with E-state index >= 15 is 0 Å². The molecule has 0 bridgehead atoms. The molecule has 0 aliphatic heterocycles. The molecule has 1 atom stereocenters. The molecule has 1 rings (SSSR count). The Morgan fingerprint density at radius 2 is 1.92 bits per heavy atom. The van der Waals surface area contributed by atoms with E-state index in [1.165, 1.54) is 12.7 Å². The highest BCUT2D eigenvalue weighted by molar-refractivity contribution is 5.21. The van der Waals surface area contributed by atoms with Crippen molar-refractivity contribution in [3.8, 4) is 0 Å². The highest BCUT2D eigenvalue weighted by atomic mass is 16.6. The van der Waals surface area contributed by atoms with Gasteiger partial charge in [-0.3, -0.25) is 0 Å². The Bertz CT molecular complexity index is 228. The molecule has 0 aliphatic carbocycles. The molecular formula is C10H13O2. The Morgan fingerprint density at radius 3 is 2.42 bits per heavy atom. The zero-order chi connectivity index (χ0) is 8.97. The maximum absolute atomic E-state index is 10.9. The molecule has 0 amide bonds. The molecule has 0 aliphatic rings. The first-order valence-corrected chi connectivity index (χ1v) is 3.96. The summed E-state index contributed by atoms with van der Waals surface area (Å²) in [4.78, 5) is 0. The van der Waals surface area contributed by atoms with E-state index in [4.69, 9.17) is 0 Å². The summed E-state index contributed by atoms with van der Waals surface area (Å²) in [5.41, 5.74) is 2.24. The van der Waals surface area contributed by atoms with E-state index in [-0.39, 0.29) is 0 Å². The summed E-state index contributed by atoms with van der Waals surface area (Å²) >= 11 is 0. The van der Waals surface area contributed by atoms with Crippen molar-refractivity contribution in [1.29, 1.82) is 0 Å². The van der Waals surface area contributed by atoms with E-state index in [1.54, 1.807) is 0 Å². The standard InChI is InChI=1S/C10H13O2/c1-8-3-5-9(6-4-8)7-10(11)12-2/h3-6,10H,7H2,1-2H3. The minimum atomic E-state index is -0.937. The predicted molar refractivity (Wildman–Crippen MR) is 46.4 cm³/mol. The molecule has 12 heavy (non-hydrogen) atoms. The van der Waals surface area contributed by atoms with Crippen molar-refractivity contribution in [3.63, 3.8) is 0 Å². The summed E-state index contributed by atoms with van der Waals surface area (Å²) in [6.07, 6.45) is -0.496. The third kappa shape index (κ3) is 2.64. The highest BCUT2D eigenvalue weighted by Gasteiger charge is 2.03. The van der Waals surface area contributed by atoms with Crippen LogP contribution in [-0.2, 0) is 16.3 Å². The average molecular weight is 165 g/mol. The van der Waals surface area contributed by atoms with Crippen LogP contribution in [0, 0.1) is 6.92 Å². The molecule has 1 unspecified atom stereocenters. The van der Waals surface area contributed by atoms with Crippen LogP contribution in [0.25, 0.3) is 0 Å². The van der Waals surface area contributed by atoms with Crippen LogP contribution in [0.4, 0.5) is 0 Å². The van der Waals surface area contributed by atoms with Gasteiger partial charge in [0.2, 0.25) is 0 Å². The maximum atomic E-state index is 10.9. The van der Waals surface area contributed by atoms with Gasteiger partial charge in [0.25, 0.3) is 0 Å². The molecule has 0 heterocycles. The fraction of sp³-hybridized carbons (Fsp3) is 0.400. The summed E-state index contributed by atoms with van der Waals surface area (Å²) < 4.78 is 4.63. The summed E-state index contributed by atoms with van der Waals surface area (Å²) in [6.45, 7) is 2.02. The SMILES string of the molecule is COC([O])Cc1ccc(C)cc1. The van der Waals surface area contributed by atoms with Crippen molar-refractivity contribution in [2.24, 2.45) is 0 Å². The molecule has 1 radical (unpaired) electrons. The van der Waals surface area contributed by atoms with Gasteiger partial charge in [0.15, 0.2) is 6.29 Å². The Kier molecular flexibility index (Phi) is 3.26. The van der Waals surface area contributed by atoms with Crippen molar-refractivity contribution in [1.82, 2.24) is 0 Å². The van der Waals surface area contributed by atoms with Gasteiger partial charge in [0, 0.05) is 13.5 Å².